The Balaban J connectivity index is 2.51. The number of aryl methyl sites for hydroxylation is 4. The summed E-state index contributed by atoms with van der Waals surface area (Å²) >= 11 is 1.19. The summed E-state index contributed by atoms with van der Waals surface area (Å²) in [5, 5.41) is 0. The molecule has 0 atom stereocenters. The van der Waals surface area contributed by atoms with E-state index < -0.39 is 15.9 Å². The number of nitrogens with zero attached hydrogens (tertiary/aromatic N) is 1. The van der Waals surface area contributed by atoms with Crippen molar-refractivity contribution in [2.75, 3.05) is 0 Å². The van der Waals surface area contributed by atoms with Crippen LogP contribution in [0.25, 0.3) is 0 Å². The average molecular weight is 352 g/mol. The van der Waals surface area contributed by atoms with Gasteiger partial charge in [0.2, 0.25) is 0 Å². The Morgan fingerprint density at radius 3 is 2.00 bits per heavy atom. The number of carbonyl (C=O) groups excluding carboxylic acids is 1. The largest absolute Gasteiger partial charge is 0.268 e. The van der Waals surface area contributed by atoms with Crippen molar-refractivity contribution in [3.63, 3.8) is 0 Å². The molecule has 1 aromatic heterocycles. The third kappa shape index (κ3) is 3.16. The first-order chi connectivity index (χ1) is 10.6. The van der Waals surface area contributed by atoms with Gasteiger partial charge in [0.15, 0.2) is 0 Å². The van der Waals surface area contributed by atoms with Crippen LogP contribution in [0, 0.1) is 41.5 Å². The second-order valence-electron chi connectivity index (χ2n) is 5.72. The Kier molecular flexibility index (Phi) is 4.64. The van der Waals surface area contributed by atoms with Crippen LogP contribution >= 0.6 is 11.5 Å². The van der Waals surface area contributed by atoms with Crippen LogP contribution in [0.3, 0.4) is 0 Å². The van der Waals surface area contributed by atoms with Gasteiger partial charge in [-0.15, -0.1) is 0 Å². The molecule has 1 heterocycles. The zero-order valence-electron chi connectivity index (χ0n) is 14.1. The van der Waals surface area contributed by atoms with E-state index in [1.807, 2.05) is 19.9 Å². The van der Waals surface area contributed by atoms with Crippen molar-refractivity contribution in [3.8, 4) is 0 Å². The van der Waals surface area contributed by atoms with Gasteiger partial charge in [0.05, 0.1) is 16.2 Å². The molecular weight excluding hydrogens is 332 g/mol. The fraction of sp³-hybridized carbons (Fsp3) is 0.375. The number of sulfonamides is 1. The van der Waals surface area contributed by atoms with E-state index in [9.17, 15) is 13.2 Å². The predicted octanol–water partition coefficient (Wildman–Crippen LogP) is 3.11. The van der Waals surface area contributed by atoms with Crippen molar-refractivity contribution >= 4 is 27.5 Å². The van der Waals surface area contributed by atoms with Crippen molar-refractivity contribution in [3.05, 3.63) is 44.5 Å². The molecule has 2 rings (SSSR count). The Labute approximate surface area is 141 Å². The summed E-state index contributed by atoms with van der Waals surface area (Å²) in [4.78, 5) is 13.3. The topological polar surface area (TPSA) is 76.1 Å². The summed E-state index contributed by atoms with van der Waals surface area (Å²) in [6.07, 6.45) is 0. The highest BCUT2D eigenvalue weighted by molar-refractivity contribution is 7.90. The lowest BCUT2D eigenvalue weighted by molar-refractivity contribution is 0.0980. The average Bonchev–Trinajstić information content (AvgIpc) is 2.75. The zero-order valence-corrected chi connectivity index (χ0v) is 15.7. The summed E-state index contributed by atoms with van der Waals surface area (Å²) in [5.41, 5.74) is 3.94. The lowest BCUT2D eigenvalue weighted by Gasteiger charge is -2.16. The van der Waals surface area contributed by atoms with Gasteiger partial charge in [0.1, 0.15) is 0 Å². The molecule has 124 valence electrons. The third-order valence-electron chi connectivity index (χ3n) is 4.05. The van der Waals surface area contributed by atoms with Gasteiger partial charge >= 0.3 is 0 Å². The maximum absolute atomic E-state index is 12.8. The fourth-order valence-corrected chi connectivity index (χ4v) is 4.89. The van der Waals surface area contributed by atoms with Crippen LogP contribution < -0.4 is 4.72 Å². The van der Waals surface area contributed by atoms with E-state index in [0.29, 0.717) is 27.3 Å². The van der Waals surface area contributed by atoms with Crippen LogP contribution in [-0.4, -0.2) is 18.7 Å². The minimum Gasteiger partial charge on any atom is -0.268 e. The Bertz CT molecular complexity index is 851. The van der Waals surface area contributed by atoms with Crippen molar-refractivity contribution in [2.45, 2.75) is 46.4 Å². The van der Waals surface area contributed by atoms with Gasteiger partial charge in [-0.1, -0.05) is 6.07 Å². The lowest BCUT2D eigenvalue weighted by Crippen LogP contribution is -2.32. The molecule has 23 heavy (non-hydrogen) atoms. The van der Waals surface area contributed by atoms with Crippen LogP contribution in [-0.2, 0) is 10.0 Å². The predicted molar refractivity (Wildman–Crippen MR) is 91.6 cm³/mol. The number of amides is 1. The number of aromatic nitrogens is 1. The molecule has 7 heteroatoms. The molecule has 1 N–H and O–H groups in total. The highest BCUT2D eigenvalue weighted by Gasteiger charge is 2.26. The zero-order chi connectivity index (χ0) is 17.5. The molecular formula is C16H20N2O3S2. The molecule has 0 aliphatic rings. The maximum Gasteiger partial charge on any atom is 0.268 e. The number of hydrogen-bond acceptors (Lipinski definition) is 5. The molecule has 5 nitrogen and oxygen atoms in total. The molecule has 0 aliphatic carbocycles. The Morgan fingerprint density at radius 2 is 1.57 bits per heavy atom. The first kappa shape index (κ1) is 17.6. The SMILES string of the molecule is Cc1cc(C)c(C)c(S(=O)(=O)NC(=O)c2c(C)nsc2C)c1C. The minimum atomic E-state index is -3.95. The van der Waals surface area contributed by atoms with E-state index in [-0.39, 0.29) is 4.90 Å². The summed E-state index contributed by atoms with van der Waals surface area (Å²) in [7, 11) is -3.95. The van der Waals surface area contributed by atoms with Crippen LogP contribution in [0.4, 0.5) is 0 Å². The first-order valence-corrected chi connectivity index (χ1v) is 9.39. The molecule has 0 radical (unpaired) electrons. The van der Waals surface area contributed by atoms with Crippen LogP contribution in [0.2, 0.25) is 0 Å². The van der Waals surface area contributed by atoms with Crippen LogP contribution in [0.15, 0.2) is 11.0 Å². The highest BCUT2D eigenvalue weighted by Crippen LogP contribution is 2.26. The Hall–Kier alpha value is -1.73. The monoisotopic (exact) mass is 352 g/mol. The second-order valence-corrected chi connectivity index (χ2v) is 8.32. The van der Waals surface area contributed by atoms with Crippen molar-refractivity contribution in [1.82, 2.24) is 9.10 Å². The van der Waals surface area contributed by atoms with E-state index in [1.165, 1.54) is 11.5 Å². The van der Waals surface area contributed by atoms with E-state index in [4.69, 9.17) is 0 Å². The van der Waals surface area contributed by atoms with Gasteiger partial charge in [-0.05, 0) is 75.3 Å². The number of benzene rings is 1. The summed E-state index contributed by atoms with van der Waals surface area (Å²) < 4.78 is 31.8. The molecule has 0 unspecified atom stereocenters. The molecule has 0 saturated carbocycles. The van der Waals surface area contributed by atoms with Crippen molar-refractivity contribution in [2.24, 2.45) is 0 Å². The van der Waals surface area contributed by atoms with E-state index in [1.54, 1.807) is 27.7 Å². The minimum absolute atomic E-state index is 0.182. The molecule has 0 bridgehead atoms. The molecule has 2 aromatic rings. The molecule has 0 aliphatic heterocycles. The summed E-state index contributed by atoms with van der Waals surface area (Å²) in [6, 6.07) is 1.95. The van der Waals surface area contributed by atoms with Gasteiger partial charge in [-0.2, -0.15) is 4.37 Å². The van der Waals surface area contributed by atoms with Gasteiger partial charge < -0.3 is 0 Å². The lowest BCUT2D eigenvalue weighted by atomic mass is 10.0. The molecule has 1 amide bonds. The van der Waals surface area contributed by atoms with E-state index in [0.717, 1.165) is 11.1 Å². The van der Waals surface area contributed by atoms with Crippen LogP contribution in [0.1, 0.15) is 43.2 Å². The quantitative estimate of drug-likeness (QED) is 0.921. The summed E-state index contributed by atoms with van der Waals surface area (Å²) in [5.74, 6) is -0.633. The first-order valence-electron chi connectivity index (χ1n) is 7.13. The standard InChI is InChI=1S/C16H20N2O3S2/c1-8-7-9(2)11(4)15(10(8)3)23(20,21)18-16(19)14-12(5)17-22-13(14)6/h7H,1-6H3,(H,18,19). The smallest absolute Gasteiger partial charge is 0.268 e. The molecule has 0 fully saturated rings. The van der Waals surface area contributed by atoms with Crippen molar-refractivity contribution in [1.29, 1.82) is 0 Å². The van der Waals surface area contributed by atoms with E-state index >= 15 is 0 Å². The number of nitrogens with one attached hydrogen (secondary N) is 1. The molecule has 0 saturated heterocycles. The molecule has 1 aromatic carbocycles. The Morgan fingerprint density at radius 1 is 1.04 bits per heavy atom. The number of hydrogen-bond donors (Lipinski definition) is 1. The maximum atomic E-state index is 12.8. The highest BCUT2D eigenvalue weighted by atomic mass is 32.2. The van der Waals surface area contributed by atoms with Crippen molar-refractivity contribution < 1.29 is 13.2 Å². The molecule has 0 spiro atoms. The summed E-state index contributed by atoms with van der Waals surface area (Å²) in [6.45, 7) is 10.7. The number of carbonyl (C=O) groups is 1. The second kappa shape index (κ2) is 6.05. The van der Waals surface area contributed by atoms with Gasteiger partial charge in [0, 0.05) is 4.88 Å². The van der Waals surface area contributed by atoms with Gasteiger partial charge in [0.25, 0.3) is 15.9 Å². The normalized spacial score (nSPS) is 11.6. The fourth-order valence-electron chi connectivity index (χ4n) is 2.62. The van der Waals surface area contributed by atoms with Gasteiger partial charge in [-0.25, -0.2) is 13.1 Å². The van der Waals surface area contributed by atoms with Crippen LogP contribution in [0.5, 0.6) is 0 Å². The third-order valence-corrected chi connectivity index (χ3v) is 6.50. The van der Waals surface area contributed by atoms with Gasteiger partial charge in [-0.3, -0.25) is 4.79 Å². The number of rotatable bonds is 3. The van der Waals surface area contributed by atoms with E-state index in [2.05, 4.69) is 9.10 Å².